The number of nitrogens with zero attached hydrogens (tertiary/aromatic N) is 1. The Balaban J connectivity index is 1.40. The van der Waals surface area contributed by atoms with E-state index >= 15 is 0 Å². The van der Waals surface area contributed by atoms with Gasteiger partial charge in [0, 0.05) is 27.6 Å². The maximum Gasteiger partial charge on any atom is 0.139 e. The fraction of sp³-hybridized carbons (Fsp3) is 0.265. The van der Waals surface area contributed by atoms with Crippen molar-refractivity contribution in [3.63, 3.8) is 0 Å². The largest absolute Gasteiger partial charge is 0.456 e. The molecule has 2 aliphatic rings. The molecule has 1 aliphatic heterocycles. The Morgan fingerprint density at radius 1 is 0.596 bits per heavy atom. The Hall–Kier alpha value is -4.86. The molecule has 0 N–H and O–H groups in total. The first-order valence-electron chi connectivity index (χ1n) is 18.9. The first kappa shape index (κ1) is 33.0. The van der Waals surface area contributed by atoms with Crippen LogP contribution in [0.4, 0.5) is 17.1 Å². The van der Waals surface area contributed by atoms with E-state index in [1.807, 2.05) is 0 Å². The van der Waals surface area contributed by atoms with E-state index in [0.29, 0.717) is 0 Å². The van der Waals surface area contributed by atoms with Gasteiger partial charge in [-0.1, -0.05) is 147 Å². The second-order valence-corrected chi connectivity index (χ2v) is 22.6. The molecule has 0 radical (unpaired) electrons. The zero-order valence-electron chi connectivity index (χ0n) is 32.3. The van der Waals surface area contributed by atoms with E-state index < -0.39 is 8.07 Å². The van der Waals surface area contributed by atoms with Crippen LogP contribution in [0.3, 0.4) is 0 Å². The van der Waals surface area contributed by atoms with Gasteiger partial charge >= 0.3 is 0 Å². The van der Waals surface area contributed by atoms with E-state index in [9.17, 15) is 0 Å². The summed E-state index contributed by atoms with van der Waals surface area (Å²) in [6.45, 7) is 23.6. The highest BCUT2D eigenvalue weighted by Crippen LogP contribution is 2.55. The van der Waals surface area contributed by atoms with Crippen LogP contribution in [-0.4, -0.2) is 8.07 Å². The lowest BCUT2D eigenvalue weighted by atomic mass is 9.79. The second kappa shape index (κ2) is 10.8. The van der Waals surface area contributed by atoms with Crippen LogP contribution in [-0.2, 0) is 16.2 Å². The average Bonchev–Trinajstić information content (AvgIpc) is 3.68. The zero-order chi connectivity index (χ0) is 36.5. The topological polar surface area (TPSA) is 16.4 Å². The summed E-state index contributed by atoms with van der Waals surface area (Å²) in [4.78, 5) is 2.56. The predicted octanol–water partition coefficient (Wildman–Crippen LogP) is 12.8. The molecule has 0 atom stereocenters. The van der Waals surface area contributed by atoms with E-state index in [-0.39, 0.29) is 16.2 Å². The molecular formula is C49H49NOSi. The van der Waals surface area contributed by atoms with E-state index in [0.717, 1.165) is 22.2 Å². The molecule has 2 heterocycles. The van der Waals surface area contributed by atoms with Crippen LogP contribution in [0.15, 0.2) is 120 Å². The Morgan fingerprint density at radius 2 is 1.25 bits per heavy atom. The van der Waals surface area contributed by atoms with Crippen LogP contribution in [0.1, 0.15) is 77.6 Å². The van der Waals surface area contributed by atoms with Crippen LogP contribution >= 0.6 is 0 Å². The minimum atomic E-state index is -1.95. The molecule has 0 saturated heterocycles. The van der Waals surface area contributed by atoms with Crippen molar-refractivity contribution in [3.8, 4) is 22.3 Å². The van der Waals surface area contributed by atoms with Crippen molar-refractivity contribution >= 4 is 57.4 Å². The summed E-state index contributed by atoms with van der Waals surface area (Å²) in [5.41, 5.74) is 16.0. The number of hydrogen-bond acceptors (Lipinski definition) is 2. The fourth-order valence-electron chi connectivity index (χ4n) is 9.25. The van der Waals surface area contributed by atoms with Gasteiger partial charge in [-0.3, -0.25) is 0 Å². The molecule has 6 aromatic carbocycles. The third kappa shape index (κ3) is 4.61. The van der Waals surface area contributed by atoms with E-state index in [4.69, 9.17) is 4.42 Å². The molecule has 1 aliphatic carbocycles. The monoisotopic (exact) mass is 695 g/mol. The van der Waals surface area contributed by atoms with Crippen molar-refractivity contribution in [1.82, 2.24) is 0 Å². The van der Waals surface area contributed by atoms with Crippen molar-refractivity contribution in [2.75, 3.05) is 4.90 Å². The van der Waals surface area contributed by atoms with Crippen molar-refractivity contribution in [2.24, 2.45) is 0 Å². The Labute approximate surface area is 310 Å². The molecule has 0 unspecified atom stereocenters. The molecule has 9 rings (SSSR count). The van der Waals surface area contributed by atoms with Crippen LogP contribution < -0.4 is 15.3 Å². The summed E-state index contributed by atoms with van der Waals surface area (Å²) in [7, 11) is -1.95. The van der Waals surface area contributed by atoms with Crippen LogP contribution in [0.2, 0.25) is 13.1 Å². The highest BCUT2D eigenvalue weighted by Gasteiger charge is 2.40. The zero-order valence-corrected chi connectivity index (χ0v) is 33.3. The Bertz CT molecular complexity index is 2600. The van der Waals surface area contributed by atoms with Gasteiger partial charge in [0.25, 0.3) is 0 Å². The van der Waals surface area contributed by atoms with Gasteiger partial charge in [0.05, 0.1) is 16.8 Å². The number of hydrogen-bond donors (Lipinski definition) is 0. The molecule has 2 nitrogen and oxygen atoms in total. The summed E-state index contributed by atoms with van der Waals surface area (Å²) in [5, 5.41) is 5.37. The van der Waals surface area contributed by atoms with Gasteiger partial charge < -0.3 is 9.32 Å². The SMILES string of the molecule is CC(C)(C)c1cc(C(C)(C)C)c2oc3cccc(N(c4ccc5c(c4)[Si](C)(C)c4ccccc4-5)c4cccc5c4-c4ccccc4C5(C)C)c3c2c1. The number of furan rings is 1. The number of fused-ring (bicyclic) bond motifs is 9. The summed E-state index contributed by atoms with van der Waals surface area (Å²) in [6.07, 6.45) is 0. The van der Waals surface area contributed by atoms with E-state index in [1.54, 1.807) is 0 Å². The van der Waals surface area contributed by atoms with Crippen LogP contribution in [0.5, 0.6) is 0 Å². The minimum Gasteiger partial charge on any atom is -0.456 e. The van der Waals surface area contributed by atoms with Gasteiger partial charge in [0.15, 0.2) is 0 Å². The van der Waals surface area contributed by atoms with Crippen molar-refractivity contribution < 1.29 is 4.42 Å². The summed E-state index contributed by atoms with van der Waals surface area (Å²) >= 11 is 0. The summed E-state index contributed by atoms with van der Waals surface area (Å²) in [5.74, 6) is 0. The van der Waals surface area contributed by atoms with Gasteiger partial charge in [-0.05, 0) is 91.0 Å². The lowest BCUT2D eigenvalue weighted by Gasteiger charge is -2.30. The molecule has 7 aromatic rings. The molecule has 3 heteroatoms. The van der Waals surface area contributed by atoms with Gasteiger partial charge in [0.2, 0.25) is 0 Å². The third-order valence-electron chi connectivity index (χ3n) is 12.1. The van der Waals surface area contributed by atoms with Gasteiger partial charge in [-0.25, -0.2) is 0 Å². The molecule has 0 saturated carbocycles. The van der Waals surface area contributed by atoms with E-state index in [1.165, 1.54) is 71.6 Å². The van der Waals surface area contributed by atoms with E-state index in [2.05, 4.69) is 189 Å². The number of rotatable bonds is 3. The van der Waals surface area contributed by atoms with Gasteiger partial charge in [0.1, 0.15) is 19.2 Å². The van der Waals surface area contributed by atoms with Gasteiger partial charge in [-0.15, -0.1) is 0 Å². The van der Waals surface area contributed by atoms with Crippen LogP contribution in [0, 0.1) is 0 Å². The van der Waals surface area contributed by atoms with Crippen LogP contribution in [0.25, 0.3) is 44.2 Å². The molecule has 260 valence electrons. The number of benzene rings is 6. The second-order valence-electron chi connectivity index (χ2n) is 18.3. The van der Waals surface area contributed by atoms with Crippen molar-refractivity contribution in [3.05, 3.63) is 138 Å². The Morgan fingerprint density at radius 3 is 2.00 bits per heavy atom. The normalized spacial score (nSPS) is 15.4. The minimum absolute atomic E-state index is 0.0207. The molecule has 52 heavy (non-hydrogen) atoms. The summed E-state index contributed by atoms with van der Waals surface area (Å²) < 4.78 is 6.95. The molecule has 0 spiro atoms. The molecule has 1 aromatic heterocycles. The standard InChI is InChI=1S/C49H49NOSi/c1-47(2,3)30-27-35-45-40(22-16-23-41(45)51-46(35)38(28-30)48(4,5)6)50(31-25-26-33-32-17-12-14-24-42(32)52(9,10)43(33)29-31)39-21-15-20-37-44(39)34-18-11-13-19-36(34)49(37,7)8/h11-29H,1-10H3. The fourth-order valence-corrected chi connectivity index (χ4v) is 12.3. The van der Waals surface area contributed by atoms with Crippen molar-refractivity contribution in [2.45, 2.75) is 84.7 Å². The lowest BCUT2D eigenvalue weighted by molar-refractivity contribution is 0.559. The molecule has 0 bridgehead atoms. The highest BCUT2D eigenvalue weighted by molar-refractivity contribution is 7.03. The Kier molecular flexibility index (Phi) is 6.88. The maximum atomic E-state index is 6.95. The quantitative estimate of drug-likeness (QED) is 0.171. The molecular weight excluding hydrogens is 647 g/mol. The maximum absolute atomic E-state index is 6.95. The highest BCUT2D eigenvalue weighted by atomic mass is 28.3. The third-order valence-corrected chi connectivity index (χ3v) is 15.7. The number of anilines is 3. The smallest absolute Gasteiger partial charge is 0.139 e. The summed E-state index contributed by atoms with van der Waals surface area (Å²) in [6, 6.07) is 43.7. The molecule has 0 fully saturated rings. The van der Waals surface area contributed by atoms with Crippen molar-refractivity contribution in [1.29, 1.82) is 0 Å². The average molecular weight is 696 g/mol. The predicted molar refractivity (Wildman–Crippen MR) is 226 cm³/mol. The first-order chi connectivity index (χ1) is 24.6. The molecule has 0 amide bonds. The van der Waals surface area contributed by atoms with Gasteiger partial charge in [-0.2, -0.15) is 0 Å². The first-order valence-corrected chi connectivity index (χ1v) is 21.9. The lowest BCUT2D eigenvalue weighted by Crippen LogP contribution is -2.49.